The van der Waals surface area contributed by atoms with Crippen LogP contribution in [-0.2, 0) is 9.53 Å². The van der Waals surface area contributed by atoms with Gasteiger partial charge in [0, 0.05) is 19.1 Å². The summed E-state index contributed by atoms with van der Waals surface area (Å²) in [5.74, 6) is 0.0618. The fourth-order valence-electron chi connectivity index (χ4n) is 3.53. The maximum atomic E-state index is 10.4. The van der Waals surface area contributed by atoms with Gasteiger partial charge in [-0.25, -0.2) is 0 Å². The highest BCUT2D eigenvalue weighted by molar-refractivity contribution is 5.66. The summed E-state index contributed by atoms with van der Waals surface area (Å²) >= 11 is 0. The third-order valence-electron chi connectivity index (χ3n) is 4.68. The highest BCUT2D eigenvalue weighted by Crippen LogP contribution is 2.30. The van der Waals surface area contributed by atoms with Gasteiger partial charge >= 0.3 is 5.97 Å². The molecule has 1 heterocycles. The maximum absolute atomic E-state index is 10.4. The van der Waals surface area contributed by atoms with Gasteiger partial charge in [0.2, 0.25) is 0 Å². The minimum Gasteiger partial charge on any atom is -0.481 e. The number of carboxylic acids is 1. The lowest BCUT2D eigenvalue weighted by atomic mass is 9.84. The number of piperidine rings is 1. The van der Waals surface area contributed by atoms with Crippen LogP contribution in [0.25, 0.3) is 0 Å². The van der Waals surface area contributed by atoms with Crippen LogP contribution >= 0.6 is 0 Å². The number of hydrogen-bond donors (Lipinski definition) is 1. The highest BCUT2D eigenvalue weighted by Gasteiger charge is 2.30. The Bertz CT molecular complexity index is 287. The predicted octanol–water partition coefficient (Wildman–Crippen LogP) is 2.52. The lowest BCUT2D eigenvalue weighted by Crippen LogP contribution is -2.47. The Balaban J connectivity index is 1.68. The summed E-state index contributed by atoms with van der Waals surface area (Å²) < 4.78 is 5.65. The monoisotopic (exact) mass is 269 g/mol. The first-order chi connectivity index (χ1) is 9.16. The fraction of sp³-hybridized carbons (Fsp3) is 0.933. The van der Waals surface area contributed by atoms with Gasteiger partial charge in [-0.1, -0.05) is 19.8 Å². The largest absolute Gasteiger partial charge is 0.481 e. The van der Waals surface area contributed by atoms with Crippen molar-refractivity contribution < 1.29 is 14.6 Å². The molecule has 2 aliphatic rings. The molecule has 1 saturated carbocycles. The SMILES string of the molecule is CC1CCCCC1N1CCC(OCCC(=O)O)CC1. The number of nitrogens with zero attached hydrogens (tertiary/aromatic N) is 1. The lowest BCUT2D eigenvalue weighted by Gasteiger charge is -2.42. The summed E-state index contributed by atoms with van der Waals surface area (Å²) in [7, 11) is 0. The molecule has 0 spiro atoms. The third-order valence-corrected chi connectivity index (χ3v) is 4.68. The Hall–Kier alpha value is -0.610. The molecular weight excluding hydrogens is 242 g/mol. The molecule has 1 N–H and O–H groups in total. The van der Waals surface area contributed by atoms with Crippen molar-refractivity contribution in [2.45, 2.75) is 64.0 Å². The average molecular weight is 269 g/mol. The summed E-state index contributed by atoms with van der Waals surface area (Å²) in [4.78, 5) is 13.1. The van der Waals surface area contributed by atoms with E-state index in [0.29, 0.717) is 6.61 Å². The van der Waals surface area contributed by atoms with Gasteiger partial charge in [0.15, 0.2) is 0 Å². The zero-order valence-corrected chi connectivity index (χ0v) is 12.0. The molecule has 4 heteroatoms. The van der Waals surface area contributed by atoms with Gasteiger partial charge in [0.25, 0.3) is 0 Å². The van der Waals surface area contributed by atoms with E-state index >= 15 is 0 Å². The Morgan fingerprint density at radius 1 is 1.21 bits per heavy atom. The van der Waals surface area contributed by atoms with Crippen LogP contribution in [0.1, 0.15) is 51.9 Å². The van der Waals surface area contributed by atoms with Crippen molar-refractivity contribution in [1.82, 2.24) is 4.90 Å². The van der Waals surface area contributed by atoms with E-state index in [2.05, 4.69) is 11.8 Å². The van der Waals surface area contributed by atoms with Crippen LogP contribution in [0.4, 0.5) is 0 Å². The molecule has 0 bridgehead atoms. The molecule has 0 aromatic rings. The van der Waals surface area contributed by atoms with E-state index in [0.717, 1.165) is 37.9 Å². The summed E-state index contributed by atoms with van der Waals surface area (Å²) in [6.45, 7) is 4.98. The normalized spacial score (nSPS) is 30.4. The van der Waals surface area contributed by atoms with Crippen LogP contribution in [0.2, 0.25) is 0 Å². The number of likely N-dealkylation sites (tertiary alicyclic amines) is 1. The van der Waals surface area contributed by atoms with Crippen LogP contribution in [0.5, 0.6) is 0 Å². The van der Waals surface area contributed by atoms with E-state index in [-0.39, 0.29) is 12.5 Å². The van der Waals surface area contributed by atoms with Crippen molar-refractivity contribution in [3.05, 3.63) is 0 Å². The summed E-state index contributed by atoms with van der Waals surface area (Å²) in [5, 5.41) is 8.60. The van der Waals surface area contributed by atoms with Gasteiger partial charge in [-0.3, -0.25) is 9.69 Å². The third kappa shape index (κ3) is 4.46. The van der Waals surface area contributed by atoms with Crippen LogP contribution in [-0.4, -0.2) is 47.8 Å². The van der Waals surface area contributed by atoms with E-state index in [1.165, 1.54) is 25.7 Å². The molecule has 0 aromatic carbocycles. The molecule has 19 heavy (non-hydrogen) atoms. The minimum atomic E-state index is -0.770. The van der Waals surface area contributed by atoms with Crippen molar-refractivity contribution in [1.29, 1.82) is 0 Å². The number of carbonyl (C=O) groups is 1. The summed E-state index contributed by atoms with van der Waals surface area (Å²) in [5.41, 5.74) is 0. The number of hydrogen-bond acceptors (Lipinski definition) is 3. The van der Waals surface area contributed by atoms with Crippen LogP contribution < -0.4 is 0 Å². The molecular formula is C15H27NO3. The molecule has 0 radical (unpaired) electrons. The van der Waals surface area contributed by atoms with E-state index in [1.807, 2.05) is 0 Å². The second kappa shape index (κ2) is 7.25. The number of aliphatic carboxylic acids is 1. The fourth-order valence-corrected chi connectivity index (χ4v) is 3.53. The van der Waals surface area contributed by atoms with Crippen LogP contribution in [0.3, 0.4) is 0 Å². The zero-order valence-electron chi connectivity index (χ0n) is 12.0. The van der Waals surface area contributed by atoms with E-state index < -0.39 is 5.97 Å². The second-order valence-electron chi connectivity index (χ2n) is 6.08. The first kappa shape index (κ1) is 14.8. The Kier molecular flexibility index (Phi) is 5.64. The zero-order chi connectivity index (χ0) is 13.7. The predicted molar refractivity (Wildman–Crippen MR) is 74.2 cm³/mol. The van der Waals surface area contributed by atoms with Gasteiger partial charge in [-0.05, 0) is 31.6 Å². The Morgan fingerprint density at radius 2 is 1.89 bits per heavy atom. The number of rotatable bonds is 5. The molecule has 2 atom stereocenters. The molecule has 0 aromatic heterocycles. The highest BCUT2D eigenvalue weighted by atomic mass is 16.5. The summed E-state index contributed by atoms with van der Waals surface area (Å²) in [6.07, 6.45) is 8.02. The number of carboxylic acid groups (broad SMARTS) is 1. The van der Waals surface area contributed by atoms with Gasteiger partial charge < -0.3 is 9.84 Å². The minimum absolute atomic E-state index is 0.125. The van der Waals surface area contributed by atoms with Crippen LogP contribution in [0, 0.1) is 5.92 Å². The lowest BCUT2D eigenvalue weighted by molar-refractivity contribution is -0.139. The Morgan fingerprint density at radius 3 is 2.53 bits per heavy atom. The molecule has 2 fully saturated rings. The average Bonchev–Trinajstić information content (AvgIpc) is 2.40. The molecule has 1 saturated heterocycles. The number of ether oxygens (including phenoxy) is 1. The van der Waals surface area contributed by atoms with Crippen LogP contribution in [0.15, 0.2) is 0 Å². The summed E-state index contributed by atoms with van der Waals surface area (Å²) in [6, 6.07) is 0.772. The molecule has 0 amide bonds. The van der Waals surface area contributed by atoms with Crippen molar-refractivity contribution in [2.75, 3.05) is 19.7 Å². The van der Waals surface area contributed by atoms with Gasteiger partial charge in [-0.15, -0.1) is 0 Å². The topological polar surface area (TPSA) is 49.8 Å². The standard InChI is InChI=1S/C15H27NO3/c1-12-4-2-3-5-14(12)16-9-6-13(7-10-16)19-11-8-15(17)18/h12-14H,2-11H2,1H3,(H,17,18). The molecule has 1 aliphatic heterocycles. The molecule has 2 unspecified atom stereocenters. The van der Waals surface area contributed by atoms with Crippen molar-refractivity contribution in [2.24, 2.45) is 5.92 Å². The molecule has 2 rings (SSSR count). The molecule has 110 valence electrons. The van der Waals surface area contributed by atoms with Crippen molar-refractivity contribution in [3.8, 4) is 0 Å². The molecule has 4 nitrogen and oxygen atoms in total. The van der Waals surface area contributed by atoms with Gasteiger partial charge in [-0.2, -0.15) is 0 Å². The van der Waals surface area contributed by atoms with Crippen molar-refractivity contribution >= 4 is 5.97 Å². The first-order valence-electron chi connectivity index (χ1n) is 7.74. The maximum Gasteiger partial charge on any atom is 0.305 e. The van der Waals surface area contributed by atoms with E-state index in [4.69, 9.17) is 9.84 Å². The smallest absolute Gasteiger partial charge is 0.305 e. The van der Waals surface area contributed by atoms with E-state index in [9.17, 15) is 4.79 Å². The van der Waals surface area contributed by atoms with Gasteiger partial charge in [0.05, 0.1) is 19.1 Å². The quantitative estimate of drug-likeness (QED) is 0.833. The Labute approximate surface area is 116 Å². The van der Waals surface area contributed by atoms with E-state index in [1.54, 1.807) is 0 Å². The van der Waals surface area contributed by atoms with Gasteiger partial charge in [0.1, 0.15) is 0 Å². The second-order valence-corrected chi connectivity index (χ2v) is 6.08. The first-order valence-corrected chi connectivity index (χ1v) is 7.74. The van der Waals surface area contributed by atoms with Crippen molar-refractivity contribution in [3.63, 3.8) is 0 Å². The molecule has 1 aliphatic carbocycles.